The SMILES string of the molecule is Cc1cccc(CNc2nc(NC3CCCC3)c3ccccc3n2)c1Cl. The summed E-state index contributed by atoms with van der Waals surface area (Å²) < 4.78 is 0. The predicted molar refractivity (Wildman–Crippen MR) is 109 cm³/mol. The number of halogens is 1. The molecule has 0 unspecified atom stereocenters. The average Bonchev–Trinajstić information content (AvgIpc) is 3.16. The fourth-order valence-corrected chi connectivity index (χ4v) is 3.74. The van der Waals surface area contributed by atoms with E-state index in [1.54, 1.807) is 0 Å². The van der Waals surface area contributed by atoms with Gasteiger partial charge in [0.2, 0.25) is 5.95 Å². The maximum Gasteiger partial charge on any atom is 0.225 e. The molecule has 0 bridgehead atoms. The first kappa shape index (κ1) is 17.1. The molecule has 1 aromatic heterocycles. The molecule has 0 saturated heterocycles. The monoisotopic (exact) mass is 366 g/mol. The topological polar surface area (TPSA) is 49.8 Å². The molecular weight excluding hydrogens is 344 g/mol. The molecule has 1 saturated carbocycles. The third-order valence-corrected chi connectivity index (χ3v) is 5.55. The number of fused-ring (bicyclic) bond motifs is 1. The summed E-state index contributed by atoms with van der Waals surface area (Å²) in [7, 11) is 0. The number of benzene rings is 2. The van der Waals surface area contributed by atoms with E-state index in [2.05, 4.69) is 21.7 Å². The normalized spacial score (nSPS) is 14.7. The van der Waals surface area contributed by atoms with Crippen LogP contribution in [0.4, 0.5) is 11.8 Å². The maximum atomic E-state index is 6.41. The molecule has 1 aliphatic carbocycles. The number of anilines is 2. The number of nitrogens with one attached hydrogen (secondary N) is 2. The molecule has 2 aromatic carbocycles. The van der Waals surface area contributed by atoms with Crippen molar-refractivity contribution in [2.24, 2.45) is 0 Å². The Morgan fingerprint density at radius 2 is 1.85 bits per heavy atom. The Bertz CT molecular complexity index is 919. The first-order valence-corrected chi connectivity index (χ1v) is 9.60. The summed E-state index contributed by atoms with van der Waals surface area (Å²) in [6.07, 6.45) is 5.00. The van der Waals surface area contributed by atoms with Crippen LogP contribution in [0.1, 0.15) is 36.8 Å². The van der Waals surface area contributed by atoms with Crippen LogP contribution >= 0.6 is 11.6 Å². The van der Waals surface area contributed by atoms with Crippen molar-refractivity contribution < 1.29 is 0 Å². The Hall–Kier alpha value is -2.33. The zero-order chi connectivity index (χ0) is 17.9. The van der Waals surface area contributed by atoms with Gasteiger partial charge in [-0.1, -0.05) is 54.8 Å². The summed E-state index contributed by atoms with van der Waals surface area (Å²) in [5, 5.41) is 8.83. The Morgan fingerprint density at radius 1 is 1.04 bits per heavy atom. The molecule has 0 atom stereocenters. The molecule has 5 heteroatoms. The minimum atomic E-state index is 0.507. The molecule has 3 aromatic rings. The number of para-hydroxylation sites is 1. The predicted octanol–water partition coefficient (Wildman–Crippen LogP) is 5.56. The number of aromatic nitrogens is 2. The largest absolute Gasteiger partial charge is 0.367 e. The van der Waals surface area contributed by atoms with E-state index in [-0.39, 0.29) is 0 Å². The van der Waals surface area contributed by atoms with Gasteiger partial charge in [0.05, 0.1) is 5.52 Å². The molecule has 0 radical (unpaired) electrons. The lowest BCUT2D eigenvalue weighted by Gasteiger charge is -2.16. The zero-order valence-corrected chi connectivity index (χ0v) is 15.7. The molecule has 4 nitrogen and oxygen atoms in total. The van der Waals surface area contributed by atoms with Gasteiger partial charge in [0, 0.05) is 23.0 Å². The summed E-state index contributed by atoms with van der Waals surface area (Å²) in [4.78, 5) is 9.43. The van der Waals surface area contributed by atoms with Crippen LogP contribution in [0.3, 0.4) is 0 Å². The Labute approximate surface area is 159 Å². The van der Waals surface area contributed by atoms with Crippen LogP contribution in [0.15, 0.2) is 42.5 Å². The highest BCUT2D eigenvalue weighted by Crippen LogP contribution is 2.27. The summed E-state index contributed by atoms with van der Waals surface area (Å²) >= 11 is 6.41. The van der Waals surface area contributed by atoms with E-state index in [4.69, 9.17) is 16.6 Å². The van der Waals surface area contributed by atoms with E-state index in [1.165, 1.54) is 25.7 Å². The second-order valence-electron chi connectivity index (χ2n) is 6.94. The van der Waals surface area contributed by atoms with Crippen molar-refractivity contribution in [2.75, 3.05) is 10.6 Å². The molecule has 1 aliphatic rings. The minimum Gasteiger partial charge on any atom is -0.367 e. The number of hydrogen-bond donors (Lipinski definition) is 2. The summed E-state index contributed by atoms with van der Waals surface area (Å²) in [5.74, 6) is 1.54. The minimum absolute atomic E-state index is 0.507. The van der Waals surface area contributed by atoms with Crippen molar-refractivity contribution in [2.45, 2.75) is 45.2 Å². The van der Waals surface area contributed by atoms with Crippen molar-refractivity contribution in [3.05, 3.63) is 58.6 Å². The van der Waals surface area contributed by atoms with Crippen LogP contribution in [-0.2, 0) is 6.54 Å². The molecular formula is C21H23ClN4. The fourth-order valence-electron chi connectivity index (χ4n) is 3.55. The smallest absolute Gasteiger partial charge is 0.225 e. The van der Waals surface area contributed by atoms with Gasteiger partial charge in [-0.25, -0.2) is 4.98 Å². The van der Waals surface area contributed by atoms with E-state index >= 15 is 0 Å². The van der Waals surface area contributed by atoms with E-state index in [1.807, 2.05) is 43.3 Å². The van der Waals surface area contributed by atoms with E-state index in [0.717, 1.165) is 32.9 Å². The third kappa shape index (κ3) is 3.61. The van der Waals surface area contributed by atoms with Gasteiger partial charge in [-0.3, -0.25) is 0 Å². The van der Waals surface area contributed by atoms with Crippen LogP contribution in [0, 0.1) is 6.92 Å². The Balaban J connectivity index is 1.61. The van der Waals surface area contributed by atoms with E-state index in [9.17, 15) is 0 Å². The van der Waals surface area contributed by atoms with Crippen LogP contribution < -0.4 is 10.6 Å². The van der Waals surface area contributed by atoms with Crippen molar-refractivity contribution in [1.29, 1.82) is 0 Å². The van der Waals surface area contributed by atoms with Gasteiger partial charge in [-0.2, -0.15) is 4.98 Å². The van der Waals surface area contributed by atoms with Gasteiger partial charge in [0.15, 0.2) is 0 Å². The standard InChI is InChI=1S/C21H23ClN4/c1-14-7-6-8-15(19(14)22)13-23-21-25-18-12-5-4-11-17(18)20(26-21)24-16-9-2-3-10-16/h4-8,11-12,16H,2-3,9-10,13H2,1H3,(H2,23,24,25,26). The Morgan fingerprint density at radius 3 is 2.69 bits per heavy atom. The van der Waals surface area contributed by atoms with E-state index < -0.39 is 0 Å². The molecule has 26 heavy (non-hydrogen) atoms. The Kier molecular flexibility index (Phi) is 4.93. The lowest BCUT2D eigenvalue weighted by molar-refractivity contribution is 0.751. The second kappa shape index (κ2) is 7.50. The van der Waals surface area contributed by atoms with Crippen LogP contribution in [0.2, 0.25) is 5.02 Å². The average molecular weight is 367 g/mol. The quantitative estimate of drug-likeness (QED) is 0.620. The molecule has 0 aliphatic heterocycles. The van der Waals surface area contributed by atoms with Crippen LogP contribution in [0.25, 0.3) is 10.9 Å². The van der Waals surface area contributed by atoms with Gasteiger partial charge >= 0.3 is 0 Å². The molecule has 1 fully saturated rings. The van der Waals surface area contributed by atoms with Gasteiger partial charge in [-0.15, -0.1) is 0 Å². The molecule has 1 heterocycles. The van der Waals surface area contributed by atoms with Crippen molar-refractivity contribution >= 4 is 34.3 Å². The lowest BCUT2D eigenvalue weighted by Crippen LogP contribution is -2.17. The second-order valence-corrected chi connectivity index (χ2v) is 7.32. The van der Waals surface area contributed by atoms with Crippen LogP contribution in [-0.4, -0.2) is 16.0 Å². The van der Waals surface area contributed by atoms with Crippen molar-refractivity contribution in [3.63, 3.8) is 0 Å². The molecule has 4 rings (SSSR count). The molecule has 2 N–H and O–H groups in total. The zero-order valence-electron chi connectivity index (χ0n) is 14.9. The molecule has 134 valence electrons. The highest BCUT2D eigenvalue weighted by molar-refractivity contribution is 6.32. The first-order chi connectivity index (χ1) is 12.7. The van der Waals surface area contributed by atoms with E-state index in [0.29, 0.717) is 18.5 Å². The van der Waals surface area contributed by atoms with Gasteiger partial charge in [0.25, 0.3) is 0 Å². The summed E-state index contributed by atoms with van der Waals surface area (Å²) in [6, 6.07) is 14.7. The van der Waals surface area contributed by atoms with Crippen LogP contribution in [0.5, 0.6) is 0 Å². The highest BCUT2D eigenvalue weighted by atomic mass is 35.5. The highest BCUT2D eigenvalue weighted by Gasteiger charge is 2.17. The lowest BCUT2D eigenvalue weighted by atomic mass is 10.1. The number of hydrogen-bond acceptors (Lipinski definition) is 4. The van der Waals surface area contributed by atoms with Gasteiger partial charge < -0.3 is 10.6 Å². The number of nitrogens with zero attached hydrogens (tertiary/aromatic N) is 2. The maximum absolute atomic E-state index is 6.41. The van der Waals surface area contributed by atoms with Crippen molar-refractivity contribution in [1.82, 2.24) is 9.97 Å². The molecule has 0 spiro atoms. The first-order valence-electron chi connectivity index (χ1n) is 9.22. The van der Waals surface area contributed by atoms with Crippen molar-refractivity contribution in [3.8, 4) is 0 Å². The number of rotatable bonds is 5. The summed E-state index contributed by atoms with van der Waals surface area (Å²) in [6.45, 7) is 2.61. The fraction of sp³-hybridized carbons (Fsp3) is 0.333. The number of aryl methyl sites for hydroxylation is 1. The van der Waals surface area contributed by atoms with Gasteiger partial charge in [-0.05, 0) is 43.0 Å². The van der Waals surface area contributed by atoms with Gasteiger partial charge in [0.1, 0.15) is 5.82 Å². The molecule has 0 amide bonds. The summed E-state index contributed by atoms with van der Waals surface area (Å²) in [5.41, 5.74) is 3.07. The third-order valence-electron chi connectivity index (χ3n) is 5.01.